The van der Waals surface area contributed by atoms with E-state index in [1.807, 2.05) is 26.0 Å². The van der Waals surface area contributed by atoms with Crippen molar-refractivity contribution in [2.24, 2.45) is 0 Å². The van der Waals surface area contributed by atoms with Crippen molar-refractivity contribution in [3.8, 4) is 0 Å². The van der Waals surface area contributed by atoms with Crippen molar-refractivity contribution in [2.75, 3.05) is 19.0 Å². The summed E-state index contributed by atoms with van der Waals surface area (Å²) in [7, 11) is 0. The fraction of sp³-hybridized carbons (Fsp3) is 0.471. The maximum Gasteiger partial charge on any atom is 0.340 e. The first-order chi connectivity index (χ1) is 11.8. The summed E-state index contributed by atoms with van der Waals surface area (Å²) in [6, 6.07) is 2.52. The molecule has 0 aliphatic rings. The molecular formula is C17H22BrNO5S. The second-order valence-corrected chi connectivity index (χ2v) is 7.03. The van der Waals surface area contributed by atoms with Gasteiger partial charge < -0.3 is 14.8 Å². The molecular weight excluding hydrogens is 410 g/mol. The fourth-order valence-corrected chi connectivity index (χ4v) is 3.30. The van der Waals surface area contributed by atoms with E-state index in [9.17, 15) is 14.4 Å². The lowest BCUT2D eigenvalue weighted by atomic mass is 10.2. The summed E-state index contributed by atoms with van der Waals surface area (Å²) in [6.45, 7) is 7.37. The van der Waals surface area contributed by atoms with E-state index >= 15 is 0 Å². The molecule has 0 aliphatic heterocycles. The Bertz CT molecular complexity index is 632. The Morgan fingerprint density at radius 3 is 2.16 bits per heavy atom. The number of thioether (sulfide) groups is 1. The van der Waals surface area contributed by atoms with E-state index in [0.29, 0.717) is 0 Å². The highest BCUT2D eigenvalue weighted by Crippen LogP contribution is 2.28. The number of hydrogen-bond donors (Lipinski definition) is 1. The van der Waals surface area contributed by atoms with Crippen LogP contribution in [0.1, 0.15) is 25.0 Å². The quantitative estimate of drug-likeness (QED) is 0.387. The molecule has 0 radical (unpaired) electrons. The largest absolute Gasteiger partial charge is 0.464 e. The van der Waals surface area contributed by atoms with Crippen molar-refractivity contribution in [3.05, 3.63) is 27.7 Å². The van der Waals surface area contributed by atoms with Crippen molar-refractivity contribution in [2.45, 2.75) is 38.6 Å². The summed E-state index contributed by atoms with van der Waals surface area (Å²) in [5, 5.41) is 2.38. The summed E-state index contributed by atoms with van der Waals surface area (Å²) in [6.07, 6.45) is 0. The minimum Gasteiger partial charge on any atom is -0.464 e. The van der Waals surface area contributed by atoms with Crippen LogP contribution >= 0.6 is 27.7 Å². The van der Waals surface area contributed by atoms with Gasteiger partial charge in [-0.2, -0.15) is 0 Å². The highest BCUT2D eigenvalue weighted by atomic mass is 79.9. The molecule has 1 rings (SSSR count). The summed E-state index contributed by atoms with van der Waals surface area (Å²) in [5.41, 5.74) is 2.09. The highest BCUT2D eigenvalue weighted by molar-refractivity contribution is 9.10. The third-order valence-electron chi connectivity index (χ3n) is 3.16. The Hall–Kier alpha value is -1.54. The van der Waals surface area contributed by atoms with Crippen LogP contribution in [0.5, 0.6) is 0 Å². The van der Waals surface area contributed by atoms with Crippen molar-refractivity contribution in [1.82, 2.24) is 5.32 Å². The molecule has 8 heteroatoms. The molecule has 0 atom stereocenters. The van der Waals surface area contributed by atoms with E-state index in [1.54, 1.807) is 13.8 Å². The van der Waals surface area contributed by atoms with Crippen LogP contribution in [-0.4, -0.2) is 42.9 Å². The lowest BCUT2D eigenvalue weighted by Crippen LogP contribution is -2.48. The average molecular weight is 432 g/mol. The van der Waals surface area contributed by atoms with Gasteiger partial charge in [-0.3, -0.25) is 4.79 Å². The summed E-state index contributed by atoms with van der Waals surface area (Å²) < 4.78 is 10.6. The van der Waals surface area contributed by atoms with Crippen LogP contribution in [0.2, 0.25) is 0 Å². The lowest BCUT2D eigenvalue weighted by molar-refractivity contribution is -0.159. The smallest absolute Gasteiger partial charge is 0.340 e. The van der Waals surface area contributed by atoms with Crippen LogP contribution in [0.25, 0.3) is 0 Å². The van der Waals surface area contributed by atoms with Gasteiger partial charge in [0.1, 0.15) is 0 Å². The maximum absolute atomic E-state index is 12.2. The zero-order valence-electron chi connectivity index (χ0n) is 14.7. The van der Waals surface area contributed by atoms with Crippen LogP contribution in [0.3, 0.4) is 0 Å². The number of rotatable bonds is 8. The third kappa shape index (κ3) is 6.70. The Morgan fingerprint density at radius 1 is 1.08 bits per heavy atom. The number of esters is 2. The second kappa shape index (κ2) is 10.5. The number of carbonyl (C=O) groups is 3. The molecule has 0 fully saturated rings. The maximum atomic E-state index is 12.2. The van der Waals surface area contributed by atoms with E-state index in [1.165, 1.54) is 11.8 Å². The molecule has 1 aromatic rings. The van der Waals surface area contributed by atoms with E-state index in [-0.39, 0.29) is 19.0 Å². The van der Waals surface area contributed by atoms with Crippen molar-refractivity contribution < 1.29 is 23.9 Å². The monoisotopic (exact) mass is 431 g/mol. The van der Waals surface area contributed by atoms with Crippen LogP contribution in [0.15, 0.2) is 21.5 Å². The number of ether oxygens (including phenoxy) is 2. The number of halogens is 1. The third-order valence-corrected chi connectivity index (χ3v) is 5.18. The number of nitrogens with one attached hydrogen (secondary N) is 1. The Kier molecular flexibility index (Phi) is 8.99. The van der Waals surface area contributed by atoms with E-state index in [0.717, 1.165) is 20.5 Å². The molecule has 6 nitrogen and oxygen atoms in total. The van der Waals surface area contributed by atoms with Gasteiger partial charge in [-0.1, -0.05) is 15.9 Å². The van der Waals surface area contributed by atoms with Crippen LogP contribution in [0.4, 0.5) is 0 Å². The molecule has 0 saturated carbocycles. The number of aryl methyl sites for hydroxylation is 2. The predicted molar refractivity (Wildman–Crippen MR) is 99.5 cm³/mol. The number of benzene rings is 1. The molecule has 0 saturated heterocycles. The Balaban J connectivity index is 2.73. The topological polar surface area (TPSA) is 81.7 Å². The lowest BCUT2D eigenvalue weighted by Gasteiger charge is -2.16. The minimum absolute atomic E-state index is 0.0667. The molecule has 0 spiro atoms. The first kappa shape index (κ1) is 21.5. The molecule has 138 valence electrons. The minimum atomic E-state index is -1.44. The molecule has 0 bridgehead atoms. The molecule has 1 N–H and O–H groups in total. The first-order valence-electron chi connectivity index (χ1n) is 7.82. The molecule has 0 heterocycles. The van der Waals surface area contributed by atoms with Crippen LogP contribution in [0, 0.1) is 13.8 Å². The molecule has 1 amide bonds. The van der Waals surface area contributed by atoms with Gasteiger partial charge in [0.15, 0.2) is 0 Å². The zero-order valence-corrected chi connectivity index (χ0v) is 17.1. The Labute approximate surface area is 160 Å². The molecule has 1 aromatic carbocycles. The van der Waals surface area contributed by atoms with Crippen molar-refractivity contribution in [3.63, 3.8) is 0 Å². The molecule has 0 aromatic heterocycles. The number of amides is 1. The van der Waals surface area contributed by atoms with Gasteiger partial charge in [-0.25, -0.2) is 9.59 Å². The van der Waals surface area contributed by atoms with E-state index in [4.69, 9.17) is 9.47 Å². The van der Waals surface area contributed by atoms with Crippen LogP contribution < -0.4 is 5.32 Å². The van der Waals surface area contributed by atoms with Crippen molar-refractivity contribution in [1.29, 1.82) is 0 Å². The first-order valence-corrected chi connectivity index (χ1v) is 9.60. The highest BCUT2D eigenvalue weighted by Gasteiger charge is 2.31. The van der Waals surface area contributed by atoms with Gasteiger partial charge in [-0.05, 0) is 51.0 Å². The van der Waals surface area contributed by atoms with Gasteiger partial charge in [0.25, 0.3) is 0 Å². The average Bonchev–Trinajstić information content (AvgIpc) is 2.55. The van der Waals surface area contributed by atoms with E-state index < -0.39 is 23.9 Å². The summed E-state index contributed by atoms with van der Waals surface area (Å²) in [4.78, 5) is 36.8. The summed E-state index contributed by atoms with van der Waals surface area (Å²) in [5.74, 6) is -2.03. The fourth-order valence-electron chi connectivity index (χ4n) is 1.92. The second-order valence-electron chi connectivity index (χ2n) is 5.16. The number of hydrogen-bond acceptors (Lipinski definition) is 6. The van der Waals surface area contributed by atoms with Gasteiger partial charge in [-0.15, -0.1) is 11.8 Å². The predicted octanol–water partition coefficient (Wildman–Crippen LogP) is 2.77. The van der Waals surface area contributed by atoms with Gasteiger partial charge in [0.2, 0.25) is 11.9 Å². The van der Waals surface area contributed by atoms with E-state index in [2.05, 4.69) is 21.2 Å². The normalized spacial score (nSPS) is 10.5. The van der Waals surface area contributed by atoms with Gasteiger partial charge in [0, 0.05) is 9.37 Å². The van der Waals surface area contributed by atoms with Gasteiger partial charge >= 0.3 is 11.9 Å². The molecule has 25 heavy (non-hydrogen) atoms. The van der Waals surface area contributed by atoms with Gasteiger partial charge in [0.05, 0.1) is 19.0 Å². The summed E-state index contributed by atoms with van der Waals surface area (Å²) >= 11 is 4.80. The Morgan fingerprint density at radius 2 is 1.64 bits per heavy atom. The standard InChI is InChI=1S/C17H22BrNO5S/c1-5-23-16(21)15(17(22)24-6-2)19-14(20)9-25-13-8-10(3)12(18)7-11(13)4/h7-8,15H,5-6,9H2,1-4H3,(H,19,20). The number of carbonyl (C=O) groups excluding carboxylic acids is 3. The molecule has 0 unspecified atom stereocenters. The molecule has 0 aliphatic carbocycles. The van der Waals surface area contributed by atoms with Crippen molar-refractivity contribution >= 4 is 45.5 Å². The zero-order chi connectivity index (χ0) is 19.0. The van der Waals surface area contributed by atoms with Crippen LogP contribution in [-0.2, 0) is 23.9 Å². The SMILES string of the molecule is CCOC(=O)C(NC(=O)CSc1cc(C)c(Br)cc1C)C(=O)OCC.